The molecular formula is C32H34N2OS. The first-order chi connectivity index (χ1) is 17.7. The van der Waals surface area contributed by atoms with Gasteiger partial charge in [0.1, 0.15) is 0 Å². The second-order valence-corrected chi connectivity index (χ2v) is 9.88. The van der Waals surface area contributed by atoms with E-state index in [-0.39, 0.29) is 5.91 Å². The average molecular weight is 495 g/mol. The number of nitrogens with zero attached hydrogens (tertiary/aromatic N) is 1. The van der Waals surface area contributed by atoms with Gasteiger partial charge in [-0.3, -0.25) is 4.79 Å². The Hall–Kier alpha value is -3.37. The minimum absolute atomic E-state index is 0.0436. The molecule has 1 aliphatic heterocycles. The number of carbonyl (C=O) groups is 1. The monoisotopic (exact) mass is 494 g/mol. The predicted molar refractivity (Wildman–Crippen MR) is 153 cm³/mol. The van der Waals surface area contributed by atoms with E-state index in [9.17, 15) is 4.79 Å². The Morgan fingerprint density at radius 3 is 2.61 bits per heavy atom. The van der Waals surface area contributed by atoms with Crippen LogP contribution in [0.15, 0.2) is 111 Å². The molecule has 4 heteroatoms. The molecule has 184 valence electrons. The van der Waals surface area contributed by atoms with Crippen LogP contribution in [0.2, 0.25) is 0 Å². The summed E-state index contributed by atoms with van der Waals surface area (Å²) in [5, 5.41) is 3.12. The largest absolute Gasteiger partial charge is 0.352 e. The number of hydrogen-bond donors (Lipinski definition) is 1. The molecule has 3 aromatic carbocycles. The summed E-state index contributed by atoms with van der Waals surface area (Å²) < 4.78 is 0. The highest BCUT2D eigenvalue weighted by molar-refractivity contribution is 7.99. The molecule has 0 bridgehead atoms. The van der Waals surface area contributed by atoms with Crippen LogP contribution in [0, 0.1) is 5.92 Å². The van der Waals surface area contributed by atoms with Crippen molar-refractivity contribution in [2.45, 2.75) is 49.8 Å². The number of amides is 1. The molecule has 1 amide bonds. The Morgan fingerprint density at radius 2 is 1.78 bits per heavy atom. The zero-order valence-corrected chi connectivity index (χ0v) is 22.1. The van der Waals surface area contributed by atoms with E-state index in [1.54, 1.807) is 11.8 Å². The molecule has 36 heavy (non-hydrogen) atoms. The quantitative estimate of drug-likeness (QED) is 0.303. The van der Waals surface area contributed by atoms with Gasteiger partial charge in [-0.05, 0) is 56.4 Å². The number of carbonyl (C=O) groups excluding carboxylic acids is 1. The highest BCUT2D eigenvalue weighted by Gasteiger charge is 2.20. The van der Waals surface area contributed by atoms with E-state index in [4.69, 9.17) is 4.99 Å². The molecule has 1 N–H and O–H groups in total. The maximum Gasteiger partial charge on any atom is 0.251 e. The highest BCUT2D eigenvalue weighted by Crippen LogP contribution is 2.41. The number of rotatable bonds is 5. The first-order valence-corrected chi connectivity index (χ1v) is 13.7. The molecule has 0 fully saturated rings. The van der Waals surface area contributed by atoms with E-state index < -0.39 is 0 Å². The SMILES string of the molecule is CC.CC1=CCCC(CCNC(=O)c2ccc3c(c2)N=C(c2ccccc2)c2ccccc2S3)C=C1. The molecular weight excluding hydrogens is 460 g/mol. The molecule has 3 nitrogen and oxygen atoms in total. The fraction of sp³-hybridized carbons (Fsp3) is 0.250. The Morgan fingerprint density at radius 1 is 1.00 bits per heavy atom. The van der Waals surface area contributed by atoms with E-state index in [1.165, 1.54) is 10.5 Å². The molecule has 1 unspecified atom stereocenters. The maximum absolute atomic E-state index is 13.0. The van der Waals surface area contributed by atoms with Crippen LogP contribution in [0.25, 0.3) is 0 Å². The third kappa shape index (κ3) is 6.24. The van der Waals surface area contributed by atoms with Crippen LogP contribution in [0.1, 0.15) is 61.5 Å². The van der Waals surface area contributed by atoms with E-state index in [0.717, 1.165) is 46.7 Å². The number of allylic oxidation sites excluding steroid dienone is 4. The highest BCUT2D eigenvalue weighted by atomic mass is 32.2. The lowest BCUT2D eigenvalue weighted by molar-refractivity contribution is 0.0952. The maximum atomic E-state index is 13.0. The van der Waals surface area contributed by atoms with Gasteiger partial charge in [-0.15, -0.1) is 0 Å². The van der Waals surface area contributed by atoms with Crippen LogP contribution in [-0.2, 0) is 0 Å². The normalized spacial score (nSPS) is 16.1. The Bertz CT molecular complexity index is 1290. The molecule has 0 saturated heterocycles. The predicted octanol–water partition coefficient (Wildman–Crippen LogP) is 8.38. The molecule has 1 aliphatic carbocycles. The first-order valence-electron chi connectivity index (χ1n) is 12.9. The molecule has 5 rings (SSSR count). The van der Waals surface area contributed by atoms with Crippen molar-refractivity contribution < 1.29 is 4.79 Å². The molecule has 2 aliphatic rings. The van der Waals surface area contributed by atoms with Crippen LogP contribution < -0.4 is 5.32 Å². The molecule has 0 radical (unpaired) electrons. The van der Waals surface area contributed by atoms with Gasteiger partial charge in [0.2, 0.25) is 0 Å². The van der Waals surface area contributed by atoms with Gasteiger partial charge in [-0.25, -0.2) is 4.99 Å². The van der Waals surface area contributed by atoms with Crippen LogP contribution in [0.3, 0.4) is 0 Å². The lowest BCUT2D eigenvalue weighted by Crippen LogP contribution is -2.25. The molecule has 3 aromatic rings. The van der Waals surface area contributed by atoms with Crippen molar-refractivity contribution in [2.75, 3.05) is 6.54 Å². The Balaban J connectivity index is 0.00000148. The van der Waals surface area contributed by atoms with Gasteiger partial charge in [-0.1, -0.05) is 97.9 Å². The number of hydrogen-bond acceptors (Lipinski definition) is 3. The summed E-state index contributed by atoms with van der Waals surface area (Å²) in [6, 6.07) is 24.5. The molecule has 1 heterocycles. The second kappa shape index (κ2) is 12.5. The standard InChI is InChI=1S/C30H28N2OS.C2H6/c1-21-8-7-9-22(15-14-21)18-19-31-30(33)24-16-17-28-26(20-24)32-29(23-10-3-2-4-11-23)25-12-5-6-13-27(25)34-28;1-2/h2-6,8,10-17,20,22H,7,9,18-19H2,1H3,(H,31,33);1-2H3. The first kappa shape index (κ1) is 25.7. The third-order valence-corrected chi connectivity index (χ3v) is 7.44. The van der Waals surface area contributed by atoms with Crippen molar-refractivity contribution in [3.63, 3.8) is 0 Å². The van der Waals surface area contributed by atoms with Crippen LogP contribution in [0.4, 0.5) is 5.69 Å². The summed E-state index contributed by atoms with van der Waals surface area (Å²) in [5.41, 5.74) is 5.92. The van der Waals surface area contributed by atoms with Gasteiger partial charge in [0.15, 0.2) is 0 Å². The van der Waals surface area contributed by atoms with Gasteiger partial charge < -0.3 is 5.32 Å². The van der Waals surface area contributed by atoms with Gasteiger partial charge in [0, 0.05) is 33.0 Å². The summed E-state index contributed by atoms with van der Waals surface area (Å²) in [5.74, 6) is 0.465. The van der Waals surface area contributed by atoms with E-state index in [1.807, 2.05) is 56.3 Å². The third-order valence-electron chi connectivity index (χ3n) is 6.30. The van der Waals surface area contributed by atoms with E-state index in [0.29, 0.717) is 18.0 Å². The molecule has 0 spiro atoms. The minimum atomic E-state index is -0.0436. The zero-order chi connectivity index (χ0) is 25.3. The fourth-order valence-electron chi connectivity index (χ4n) is 4.39. The van der Waals surface area contributed by atoms with Crippen molar-refractivity contribution in [3.05, 3.63) is 113 Å². The molecule has 0 saturated carbocycles. The summed E-state index contributed by atoms with van der Waals surface area (Å²) in [7, 11) is 0. The minimum Gasteiger partial charge on any atom is -0.352 e. The fourth-order valence-corrected chi connectivity index (χ4v) is 5.39. The smallest absolute Gasteiger partial charge is 0.251 e. The lowest BCUT2D eigenvalue weighted by atomic mass is 10.00. The number of aliphatic imine (C=N–C) groups is 1. The van der Waals surface area contributed by atoms with Crippen LogP contribution in [0.5, 0.6) is 0 Å². The zero-order valence-electron chi connectivity index (χ0n) is 21.3. The molecule has 0 aromatic heterocycles. The van der Waals surface area contributed by atoms with Crippen molar-refractivity contribution in [2.24, 2.45) is 10.9 Å². The number of benzene rings is 3. The summed E-state index contributed by atoms with van der Waals surface area (Å²) in [6.45, 7) is 6.81. The van der Waals surface area contributed by atoms with Crippen LogP contribution in [-0.4, -0.2) is 18.2 Å². The van der Waals surface area contributed by atoms with Crippen molar-refractivity contribution in [1.29, 1.82) is 0 Å². The number of fused-ring (bicyclic) bond motifs is 2. The van der Waals surface area contributed by atoms with Gasteiger partial charge >= 0.3 is 0 Å². The number of nitrogens with one attached hydrogen (secondary N) is 1. The summed E-state index contributed by atoms with van der Waals surface area (Å²) >= 11 is 1.70. The Kier molecular flexibility index (Phi) is 8.96. The topological polar surface area (TPSA) is 41.5 Å². The Labute approximate surface area is 219 Å². The van der Waals surface area contributed by atoms with Crippen molar-refractivity contribution in [1.82, 2.24) is 5.32 Å². The summed E-state index contributed by atoms with van der Waals surface area (Å²) in [4.78, 5) is 20.2. The van der Waals surface area contributed by atoms with Crippen LogP contribution >= 0.6 is 11.8 Å². The van der Waals surface area contributed by atoms with Gasteiger partial charge in [0.25, 0.3) is 5.91 Å². The molecule has 1 atom stereocenters. The van der Waals surface area contributed by atoms with Gasteiger partial charge in [-0.2, -0.15) is 0 Å². The van der Waals surface area contributed by atoms with Gasteiger partial charge in [0.05, 0.1) is 11.4 Å². The second-order valence-electron chi connectivity index (χ2n) is 8.80. The summed E-state index contributed by atoms with van der Waals surface area (Å²) in [6.07, 6.45) is 9.95. The van der Waals surface area contributed by atoms with Crippen molar-refractivity contribution in [3.8, 4) is 0 Å². The average Bonchev–Trinajstić information content (AvgIpc) is 3.23. The van der Waals surface area contributed by atoms with E-state index >= 15 is 0 Å². The van der Waals surface area contributed by atoms with E-state index in [2.05, 4.69) is 60.8 Å². The lowest BCUT2D eigenvalue weighted by Gasteiger charge is -2.12. The van der Waals surface area contributed by atoms with Crippen molar-refractivity contribution >= 4 is 29.1 Å².